The zero-order valence-electron chi connectivity index (χ0n) is 10.2. The molecule has 0 radical (unpaired) electrons. The van der Waals surface area contributed by atoms with Gasteiger partial charge in [0, 0.05) is 5.75 Å². The summed E-state index contributed by atoms with van der Waals surface area (Å²) >= 11 is 7.08. The topological polar surface area (TPSA) is 52.6 Å². The van der Waals surface area contributed by atoms with E-state index in [0.29, 0.717) is 19.0 Å². The van der Waals surface area contributed by atoms with E-state index in [-0.39, 0.29) is 11.7 Å². The number of alkyl halides is 1. The second-order valence-electron chi connectivity index (χ2n) is 3.37. The van der Waals surface area contributed by atoms with Crippen LogP contribution in [0.2, 0.25) is 0 Å². The van der Waals surface area contributed by atoms with E-state index in [1.54, 1.807) is 0 Å². The molecule has 0 N–H and O–H groups in total. The number of rotatable bonds is 9. The highest BCUT2D eigenvalue weighted by molar-refractivity contribution is 8.00. The molecule has 1 unspecified atom stereocenters. The van der Waals surface area contributed by atoms with Crippen LogP contribution in [0.3, 0.4) is 0 Å². The average Bonchev–Trinajstić information content (AvgIpc) is 2.33. The van der Waals surface area contributed by atoms with Crippen molar-refractivity contribution in [2.45, 2.75) is 32.1 Å². The van der Waals surface area contributed by atoms with Gasteiger partial charge >= 0.3 is 11.9 Å². The Labute approximate surface area is 111 Å². The van der Waals surface area contributed by atoms with E-state index in [4.69, 9.17) is 21.1 Å². The van der Waals surface area contributed by atoms with Crippen LogP contribution in [0.25, 0.3) is 0 Å². The van der Waals surface area contributed by atoms with Crippen molar-refractivity contribution in [1.82, 2.24) is 0 Å². The first-order valence-electron chi connectivity index (χ1n) is 5.65. The van der Waals surface area contributed by atoms with Crippen LogP contribution < -0.4 is 0 Å². The summed E-state index contributed by atoms with van der Waals surface area (Å²) in [4.78, 5) is 22.4. The van der Waals surface area contributed by atoms with Crippen LogP contribution in [-0.2, 0) is 19.1 Å². The summed E-state index contributed by atoms with van der Waals surface area (Å²) in [6.07, 6.45) is 1.57. The minimum Gasteiger partial charge on any atom is -0.465 e. The molecule has 4 nitrogen and oxygen atoms in total. The predicted molar refractivity (Wildman–Crippen MR) is 69.5 cm³/mol. The molecule has 0 aliphatic heterocycles. The van der Waals surface area contributed by atoms with E-state index in [1.165, 1.54) is 11.8 Å². The maximum atomic E-state index is 11.3. The highest BCUT2D eigenvalue weighted by atomic mass is 35.5. The maximum absolute atomic E-state index is 11.3. The van der Waals surface area contributed by atoms with Gasteiger partial charge in [-0.15, -0.1) is 23.4 Å². The van der Waals surface area contributed by atoms with Crippen LogP contribution in [-0.4, -0.2) is 42.0 Å². The van der Waals surface area contributed by atoms with Crippen molar-refractivity contribution in [1.29, 1.82) is 0 Å². The molecule has 0 spiro atoms. The summed E-state index contributed by atoms with van der Waals surface area (Å²) in [7, 11) is 0. The predicted octanol–water partition coefficient (Wildman–Crippen LogP) is 2.23. The molecule has 0 aromatic heterocycles. The molecule has 0 aromatic rings. The van der Waals surface area contributed by atoms with Crippen molar-refractivity contribution in [3.05, 3.63) is 0 Å². The van der Waals surface area contributed by atoms with E-state index in [2.05, 4.69) is 0 Å². The lowest BCUT2D eigenvalue weighted by atomic mass is 10.5. The van der Waals surface area contributed by atoms with E-state index < -0.39 is 11.3 Å². The van der Waals surface area contributed by atoms with Gasteiger partial charge in [0.1, 0.15) is 5.38 Å². The van der Waals surface area contributed by atoms with Crippen LogP contribution >= 0.6 is 23.4 Å². The van der Waals surface area contributed by atoms with Gasteiger partial charge in [-0.25, -0.2) is 0 Å². The summed E-state index contributed by atoms with van der Waals surface area (Å²) in [5.41, 5.74) is 0. The average molecular weight is 283 g/mol. The highest BCUT2D eigenvalue weighted by Gasteiger charge is 2.17. The molecule has 0 fully saturated rings. The summed E-state index contributed by atoms with van der Waals surface area (Å²) in [6, 6.07) is 0. The zero-order chi connectivity index (χ0) is 13.1. The van der Waals surface area contributed by atoms with E-state index in [9.17, 15) is 9.59 Å². The van der Waals surface area contributed by atoms with Crippen LogP contribution in [0, 0.1) is 0 Å². The lowest BCUT2D eigenvalue weighted by molar-refractivity contribution is -0.143. The second kappa shape index (κ2) is 10.7. The number of hydrogen-bond acceptors (Lipinski definition) is 5. The molecule has 0 heterocycles. The third kappa shape index (κ3) is 9.30. The molecular formula is C11H19ClO4S. The second-order valence-corrected chi connectivity index (χ2v) is 4.93. The summed E-state index contributed by atoms with van der Waals surface area (Å²) in [5.74, 6) is -0.138. The van der Waals surface area contributed by atoms with Gasteiger partial charge < -0.3 is 9.47 Å². The van der Waals surface area contributed by atoms with Crippen molar-refractivity contribution in [3.8, 4) is 0 Å². The lowest BCUT2D eigenvalue weighted by Crippen LogP contribution is -2.21. The third-order valence-corrected chi connectivity index (χ3v) is 3.18. The van der Waals surface area contributed by atoms with Crippen LogP contribution in [0.4, 0.5) is 0 Å². The first-order valence-corrected chi connectivity index (χ1v) is 7.25. The zero-order valence-corrected chi connectivity index (χ0v) is 11.8. The first-order chi connectivity index (χ1) is 8.11. The summed E-state index contributed by atoms with van der Waals surface area (Å²) < 4.78 is 9.75. The van der Waals surface area contributed by atoms with Gasteiger partial charge in [0.2, 0.25) is 0 Å². The molecule has 0 amide bonds. The molecule has 0 aliphatic rings. The Balaban J connectivity index is 3.59. The molecular weight excluding hydrogens is 264 g/mol. The van der Waals surface area contributed by atoms with Crippen molar-refractivity contribution in [3.63, 3.8) is 0 Å². The monoisotopic (exact) mass is 282 g/mol. The van der Waals surface area contributed by atoms with E-state index >= 15 is 0 Å². The van der Waals surface area contributed by atoms with Crippen molar-refractivity contribution in [2.75, 3.05) is 24.7 Å². The summed E-state index contributed by atoms with van der Waals surface area (Å²) in [5, 5.41) is -0.703. The molecule has 0 bridgehead atoms. The van der Waals surface area contributed by atoms with Gasteiger partial charge in [-0.2, -0.15) is 0 Å². The first kappa shape index (κ1) is 16.6. The van der Waals surface area contributed by atoms with Crippen molar-refractivity contribution < 1.29 is 19.1 Å². The van der Waals surface area contributed by atoms with Gasteiger partial charge in [-0.3, -0.25) is 9.59 Å². The molecule has 17 heavy (non-hydrogen) atoms. The van der Waals surface area contributed by atoms with Crippen LogP contribution in [0.15, 0.2) is 0 Å². The molecule has 0 aliphatic carbocycles. The molecule has 0 saturated carbocycles. The normalized spacial score (nSPS) is 11.9. The van der Waals surface area contributed by atoms with E-state index in [1.807, 2.05) is 13.8 Å². The Kier molecular flexibility index (Phi) is 10.5. The molecule has 100 valence electrons. The largest absolute Gasteiger partial charge is 0.465 e. The SMILES string of the molecule is CCCOC(=O)CSCC(Cl)C(=O)OCCC. The van der Waals surface area contributed by atoms with Crippen molar-refractivity contribution in [2.24, 2.45) is 0 Å². The Morgan fingerprint density at radius 1 is 1.18 bits per heavy atom. The number of hydrogen-bond donors (Lipinski definition) is 0. The van der Waals surface area contributed by atoms with Gasteiger partial charge in [0.15, 0.2) is 0 Å². The number of ether oxygens (including phenoxy) is 2. The van der Waals surface area contributed by atoms with Gasteiger partial charge in [-0.05, 0) is 12.8 Å². The van der Waals surface area contributed by atoms with Gasteiger partial charge in [-0.1, -0.05) is 13.8 Å². The van der Waals surface area contributed by atoms with Gasteiger partial charge in [0.25, 0.3) is 0 Å². The maximum Gasteiger partial charge on any atom is 0.324 e. The smallest absolute Gasteiger partial charge is 0.324 e. The molecule has 0 saturated heterocycles. The Bertz CT molecular complexity index is 236. The Morgan fingerprint density at radius 2 is 1.76 bits per heavy atom. The summed E-state index contributed by atoms with van der Waals surface area (Å²) in [6.45, 7) is 4.65. The Hall–Kier alpha value is -0.420. The van der Waals surface area contributed by atoms with Crippen LogP contribution in [0.1, 0.15) is 26.7 Å². The number of halogens is 1. The third-order valence-electron chi connectivity index (χ3n) is 1.66. The van der Waals surface area contributed by atoms with Gasteiger partial charge in [0.05, 0.1) is 19.0 Å². The fourth-order valence-electron chi connectivity index (χ4n) is 0.864. The van der Waals surface area contributed by atoms with E-state index in [0.717, 1.165) is 12.8 Å². The number of carbonyl (C=O) groups excluding carboxylic acids is 2. The molecule has 1 atom stereocenters. The fraction of sp³-hybridized carbons (Fsp3) is 0.818. The molecule has 6 heteroatoms. The highest BCUT2D eigenvalue weighted by Crippen LogP contribution is 2.10. The fourth-order valence-corrected chi connectivity index (χ4v) is 1.91. The number of esters is 2. The minimum absolute atomic E-state index is 0.213. The molecule has 0 rings (SSSR count). The lowest BCUT2D eigenvalue weighted by Gasteiger charge is -2.08. The van der Waals surface area contributed by atoms with Crippen LogP contribution in [0.5, 0.6) is 0 Å². The standard InChI is InChI=1S/C11H19ClO4S/c1-3-5-15-10(13)8-17-7-9(12)11(14)16-6-4-2/h9H,3-8H2,1-2H3. The quantitative estimate of drug-likeness (QED) is 0.479. The number of carbonyl (C=O) groups is 2. The number of thioether (sulfide) groups is 1. The minimum atomic E-state index is -0.703. The molecule has 0 aromatic carbocycles. The van der Waals surface area contributed by atoms with Crippen molar-refractivity contribution >= 4 is 35.3 Å². The Morgan fingerprint density at radius 3 is 2.35 bits per heavy atom.